The second-order valence-corrected chi connectivity index (χ2v) is 10.7. The number of hydrogen-bond donors (Lipinski definition) is 2. The molecule has 0 bridgehead atoms. The van der Waals surface area contributed by atoms with E-state index in [4.69, 9.17) is 0 Å². The van der Waals surface area contributed by atoms with Gasteiger partial charge in [0.15, 0.2) is 0 Å². The van der Waals surface area contributed by atoms with Crippen LogP contribution in [-0.2, 0) is 5.41 Å². The molecule has 2 N–H and O–H groups in total. The number of hydrogen-bond acceptors (Lipinski definition) is 2. The van der Waals surface area contributed by atoms with Gasteiger partial charge in [-0.1, -0.05) is 121 Å². The zero-order chi connectivity index (χ0) is 27.4. The first kappa shape index (κ1) is 25.5. The summed E-state index contributed by atoms with van der Waals surface area (Å²) >= 11 is 0. The number of rotatable bonds is 7. The molecule has 0 heterocycles. The van der Waals surface area contributed by atoms with Gasteiger partial charge in [-0.15, -0.1) is 0 Å². The predicted octanol–water partition coefficient (Wildman–Crippen LogP) is 9.16. The molecule has 5 aromatic rings. The Morgan fingerprint density at radius 2 is 0.950 bits per heavy atom. The lowest BCUT2D eigenvalue weighted by Crippen LogP contribution is -2.47. The molecule has 0 amide bonds. The van der Waals surface area contributed by atoms with Crippen LogP contribution in [-0.4, -0.2) is 5.66 Å². The highest BCUT2D eigenvalue weighted by Crippen LogP contribution is 2.49. The molecule has 5 aromatic carbocycles. The quantitative estimate of drug-likeness (QED) is 0.166. The van der Waals surface area contributed by atoms with Crippen LogP contribution in [0.25, 0.3) is 5.57 Å². The van der Waals surface area contributed by atoms with E-state index in [1.165, 1.54) is 33.4 Å². The normalized spacial score (nSPS) is 15.2. The fourth-order valence-electron chi connectivity index (χ4n) is 5.85. The van der Waals surface area contributed by atoms with Gasteiger partial charge in [-0.05, 0) is 83.7 Å². The third-order valence-electron chi connectivity index (χ3n) is 7.67. The average Bonchev–Trinajstić information content (AvgIpc) is 2.99. The van der Waals surface area contributed by atoms with Gasteiger partial charge in [0.2, 0.25) is 0 Å². The van der Waals surface area contributed by atoms with Gasteiger partial charge in [0.05, 0.1) is 5.41 Å². The van der Waals surface area contributed by atoms with Crippen LogP contribution in [0.15, 0.2) is 158 Å². The maximum absolute atomic E-state index is 3.87. The molecule has 0 atom stereocenters. The topological polar surface area (TPSA) is 24.1 Å². The number of aryl methyl sites for hydroxylation is 2. The Balaban J connectivity index is 1.61. The molecule has 0 aliphatic heterocycles. The van der Waals surface area contributed by atoms with E-state index < -0.39 is 11.1 Å². The zero-order valence-electron chi connectivity index (χ0n) is 23.0. The van der Waals surface area contributed by atoms with E-state index in [2.05, 4.69) is 182 Å². The molecular formula is C38H34N2. The summed E-state index contributed by atoms with van der Waals surface area (Å²) in [4.78, 5) is 0. The molecule has 0 fully saturated rings. The highest BCUT2D eigenvalue weighted by Gasteiger charge is 2.43. The number of nitrogens with one attached hydrogen (secondary N) is 2. The minimum Gasteiger partial charge on any atom is -0.356 e. The monoisotopic (exact) mass is 518 g/mol. The molecule has 40 heavy (non-hydrogen) atoms. The van der Waals surface area contributed by atoms with Crippen LogP contribution in [0, 0.1) is 13.8 Å². The Kier molecular flexibility index (Phi) is 6.84. The van der Waals surface area contributed by atoms with E-state index in [9.17, 15) is 0 Å². The van der Waals surface area contributed by atoms with Gasteiger partial charge in [-0.3, -0.25) is 0 Å². The second kappa shape index (κ2) is 10.7. The van der Waals surface area contributed by atoms with Crippen molar-refractivity contribution in [2.24, 2.45) is 0 Å². The van der Waals surface area contributed by atoms with E-state index in [0.717, 1.165) is 11.4 Å². The molecule has 0 saturated heterocycles. The molecular weight excluding hydrogens is 484 g/mol. The van der Waals surface area contributed by atoms with Crippen molar-refractivity contribution in [3.8, 4) is 0 Å². The first-order chi connectivity index (χ1) is 19.6. The van der Waals surface area contributed by atoms with Gasteiger partial charge < -0.3 is 10.6 Å². The fraction of sp³-hybridized carbons (Fsp3) is 0.105. The summed E-state index contributed by atoms with van der Waals surface area (Å²) in [6.07, 6.45) is 7.06. The van der Waals surface area contributed by atoms with Crippen molar-refractivity contribution < 1.29 is 0 Å². The van der Waals surface area contributed by atoms with Crippen LogP contribution in [0.2, 0.25) is 0 Å². The van der Waals surface area contributed by atoms with Crippen molar-refractivity contribution in [2.75, 3.05) is 10.6 Å². The van der Waals surface area contributed by atoms with Crippen molar-refractivity contribution in [3.63, 3.8) is 0 Å². The third kappa shape index (κ3) is 4.97. The molecule has 1 aliphatic rings. The molecule has 196 valence electrons. The Bertz CT molecular complexity index is 1560. The van der Waals surface area contributed by atoms with E-state index >= 15 is 0 Å². The number of benzene rings is 5. The van der Waals surface area contributed by atoms with Gasteiger partial charge in [0.1, 0.15) is 5.66 Å². The molecule has 0 spiro atoms. The van der Waals surface area contributed by atoms with Crippen molar-refractivity contribution in [1.82, 2.24) is 0 Å². The summed E-state index contributed by atoms with van der Waals surface area (Å²) < 4.78 is 0. The van der Waals surface area contributed by atoms with Crippen LogP contribution in [0.4, 0.5) is 11.4 Å². The molecule has 2 heteroatoms. The Labute approximate surface area is 237 Å². The maximum atomic E-state index is 3.87. The van der Waals surface area contributed by atoms with Gasteiger partial charge in [0, 0.05) is 11.4 Å². The fourth-order valence-corrected chi connectivity index (χ4v) is 5.85. The van der Waals surface area contributed by atoms with Crippen molar-refractivity contribution in [3.05, 3.63) is 186 Å². The summed E-state index contributed by atoms with van der Waals surface area (Å²) in [7, 11) is 0. The van der Waals surface area contributed by atoms with Gasteiger partial charge in [-0.25, -0.2) is 0 Å². The average molecular weight is 519 g/mol. The zero-order valence-corrected chi connectivity index (χ0v) is 23.0. The standard InChI is InChI=1S/C38H34N2/c1-29-14-12-22-34(26-29)39-37(40-35-23-13-15-30(2)27-35)24-25-38(32-18-8-4-9-19-32,33-20-10-5-11-21-33)36(28-37)31-16-6-3-7-17-31/h3-28,39-40H,1-2H3. The first-order valence-electron chi connectivity index (χ1n) is 13.9. The summed E-state index contributed by atoms with van der Waals surface area (Å²) in [5, 5.41) is 7.74. The highest BCUT2D eigenvalue weighted by molar-refractivity contribution is 5.86. The van der Waals surface area contributed by atoms with Crippen molar-refractivity contribution >= 4 is 16.9 Å². The van der Waals surface area contributed by atoms with Crippen LogP contribution < -0.4 is 10.6 Å². The lowest BCUT2D eigenvalue weighted by Gasteiger charge is -2.44. The largest absolute Gasteiger partial charge is 0.356 e. The van der Waals surface area contributed by atoms with E-state index in [-0.39, 0.29) is 0 Å². The Morgan fingerprint density at radius 3 is 1.43 bits per heavy atom. The van der Waals surface area contributed by atoms with Crippen molar-refractivity contribution in [1.29, 1.82) is 0 Å². The molecule has 0 aromatic heterocycles. The highest BCUT2D eigenvalue weighted by atomic mass is 15.2. The molecule has 0 saturated carbocycles. The number of allylic oxidation sites excluding steroid dienone is 2. The smallest absolute Gasteiger partial charge is 0.147 e. The lowest BCUT2D eigenvalue weighted by atomic mass is 9.64. The summed E-state index contributed by atoms with van der Waals surface area (Å²) in [5.41, 5.74) is 8.24. The second-order valence-electron chi connectivity index (χ2n) is 10.7. The van der Waals surface area contributed by atoms with Gasteiger partial charge >= 0.3 is 0 Å². The van der Waals surface area contributed by atoms with Crippen LogP contribution in [0.5, 0.6) is 0 Å². The van der Waals surface area contributed by atoms with Crippen LogP contribution >= 0.6 is 0 Å². The van der Waals surface area contributed by atoms with E-state index in [1.54, 1.807) is 0 Å². The SMILES string of the molecule is Cc1cccc(NC2(Nc3cccc(C)c3)C=CC(c3ccccc3)(c3ccccc3)C(c3ccccc3)=C2)c1. The molecule has 2 nitrogen and oxygen atoms in total. The predicted molar refractivity (Wildman–Crippen MR) is 170 cm³/mol. The molecule has 0 unspecified atom stereocenters. The number of anilines is 2. The summed E-state index contributed by atoms with van der Waals surface area (Å²) in [6, 6.07) is 49.5. The minimum absolute atomic E-state index is 0.476. The summed E-state index contributed by atoms with van der Waals surface area (Å²) in [6.45, 7) is 4.26. The van der Waals surface area contributed by atoms with Crippen molar-refractivity contribution in [2.45, 2.75) is 24.9 Å². The maximum Gasteiger partial charge on any atom is 0.147 e. The van der Waals surface area contributed by atoms with E-state index in [1.807, 2.05) is 0 Å². The Morgan fingerprint density at radius 1 is 0.475 bits per heavy atom. The lowest BCUT2D eigenvalue weighted by molar-refractivity contribution is 0.739. The van der Waals surface area contributed by atoms with Gasteiger partial charge in [-0.2, -0.15) is 0 Å². The Hall–Kier alpha value is -4.82. The molecule has 1 aliphatic carbocycles. The molecule has 0 radical (unpaired) electrons. The summed E-state index contributed by atoms with van der Waals surface area (Å²) in [5.74, 6) is 0. The molecule has 6 rings (SSSR count). The minimum atomic E-state index is -0.681. The van der Waals surface area contributed by atoms with Gasteiger partial charge in [0.25, 0.3) is 0 Å². The third-order valence-corrected chi connectivity index (χ3v) is 7.67. The van der Waals surface area contributed by atoms with E-state index in [0.29, 0.717) is 0 Å². The first-order valence-corrected chi connectivity index (χ1v) is 13.9. The van der Waals surface area contributed by atoms with Crippen LogP contribution in [0.3, 0.4) is 0 Å². The van der Waals surface area contributed by atoms with Crippen LogP contribution in [0.1, 0.15) is 27.8 Å².